The number of rotatable bonds is 2. The zero-order chi connectivity index (χ0) is 17.7. The number of aromatic nitrogens is 2. The summed E-state index contributed by atoms with van der Waals surface area (Å²) < 4.78 is 2.58. The molecule has 0 radical (unpaired) electrons. The molecule has 0 N–H and O–H groups in total. The van der Waals surface area contributed by atoms with Crippen molar-refractivity contribution in [3.05, 3.63) is 58.9 Å². The van der Waals surface area contributed by atoms with Gasteiger partial charge in [-0.05, 0) is 61.9 Å². The van der Waals surface area contributed by atoms with Gasteiger partial charge in [-0.15, -0.1) is 0 Å². The summed E-state index contributed by atoms with van der Waals surface area (Å²) in [6, 6.07) is 12.0. The smallest absolute Gasteiger partial charge is 0.138 e. The van der Waals surface area contributed by atoms with E-state index >= 15 is 0 Å². The SMILES string of the molecule is Cc1cccc2c1CCN(c1nccc3c1cc(C)n3C1CCCC1)C2. The van der Waals surface area contributed by atoms with E-state index in [-0.39, 0.29) is 0 Å². The van der Waals surface area contributed by atoms with Crippen LogP contribution in [0.1, 0.15) is 54.1 Å². The zero-order valence-electron chi connectivity index (χ0n) is 15.8. The van der Waals surface area contributed by atoms with Crippen molar-refractivity contribution in [1.82, 2.24) is 9.55 Å². The van der Waals surface area contributed by atoms with Crippen LogP contribution in [0.4, 0.5) is 5.82 Å². The number of hydrogen-bond donors (Lipinski definition) is 0. The van der Waals surface area contributed by atoms with E-state index in [4.69, 9.17) is 4.98 Å². The Hall–Kier alpha value is -2.29. The Labute approximate surface area is 155 Å². The van der Waals surface area contributed by atoms with Crippen LogP contribution < -0.4 is 4.90 Å². The van der Waals surface area contributed by atoms with E-state index in [1.165, 1.54) is 59.0 Å². The van der Waals surface area contributed by atoms with Crippen LogP contribution in [-0.4, -0.2) is 16.1 Å². The van der Waals surface area contributed by atoms with Gasteiger partial charge < -0.3 is 9.47 Å². The first-order valence-electron chi connectivity index (χ1n) is 10.0. The van der Waals surface area contributed by atoms with Gasteiger partial charge in [0.2, 0.25) is 0 Å². The molecule has 1 aromatic carbocycles. The lowest BCUT2D eigenvalue weighted by atomic mass is 9.95. The van der Waals surface area contributed by atoms with Crippen molar-refractivity contribution in [1.29, 1.82) is 0 Å². The van der Waals surface area contributed by atoms with Gasteiger partial charge in [-0.25, -0.2) is 4.98 Å². The quantitative estimate of drug-likeness (QED) is 0.626. The molecule has 0 amide bonds. The molecule has 134 valence electrons. The van der Waals surface area contributed by atoms with Gasteiger partial charge in [-0.2, -0.15) is 0 Å². The molecule has 0 bridgehead atoms. The average molecular weight is 345 g/mol. The highest BCUT2D eigenvalue weighted by Gasteiger charge is 2.24. The van der Waals surface area contributed by atoms with E-state index in [1.54, 1.807) is 0 Å². The summed E-state index contributed by atoms with van der Waals surface area (Å²) in [4.78, 5) is 7.29. The van der Waals surface area contributed by atoms with Crippen LogP contribution in [0.25, 0.3) is 10.9 Å². The number of anilines is 1. The summed E-state index contributed by atoms with van der Waals surface area (Å²) in [6.45, 7) is 6.52. The maximum atomic E-state index is 4.82. The van der Waals surface area contributed by atoms with Crippen molar-refractivity contribution in [2.24, 2.45) is 0 Å². The van der Waals surface area contributed by atoms with Gasteiger partial charge in [0.05, 0.1) is 5.52 Å². The summed E-state index contributed by atoms with van der Waals surface area (Å²) in [7, 11) is 0. The van der Waals surface area contributed by atoms with Crippen LogP contribution in [0.3, 0.4) is 0 Å². The molecule has 0 spiro atoms. The minimum atomic E-state index is 0.674. The number of pyridine rings is 1. The minimum absolute atomic E-state index is 0.674. The highest BCUT2D eigenvalue weighted by atomic mass is 15.2. The molecule has 1 aliphatic carbocycles. The topological polar surface area (TPSA) is 21.1 Å². The number of hydrogen-bond acceptors (Lipinski definition) is 2. The van der Waals surface area contributed by atoms with Crippen LogP contribution in [0.2, 0.25) is 0 Å². The number of fused-ring (bicyclic) bond motifs is 2. The van der Waals surface area contributed by atoms with Gasteiger partial charge >= 0.3 is 0 Å². The van der Waals surface area contributed by atoms with Crippen molar-refractivity contribution in [3.63, 3.8) is 0 Å². The van der Waals surface area contributed by atoms with Crippen LogP contribution in [0.15, 0.2) is 36.5 Å². The van der Waals surface area contributed by atoms with Crippen molar-refractivity contribution >= 4 is 16.7 Å². The Balaban J connectivity index is 1.57. The predicted octanol–water partition coefficient (Wildman–Crippen LogP) is 5.33. The lowest BCUT2D eigenvalue weighted by Crippen LogP contribution is -2.31. The molecule has 26 heavy (non-hydrogen) atoms. The van der Waals surface area contributed by atoms with E-state index in [0.29, 0.717) is 6.04 Å². The second kappa shape index (κ2) is 6.15. The van der Waals surface area contributed by atoms with Gasteiger partial charge in [0.1, 0.15) is 5.82 Å². The van der Waals surface area contributed by atoms with Crippen molar-refractivity contribution in [2.75, 3.05) is 11.4 Å². The summed E-state index contributed by atoms with van der Waals surface area (Å²) in [6.07, 6.45) is 8.49. The van der Waals surface area contributed by atoms with E-state index in [1.807, 2.05) is 6.20 Å². The van der Waals surface area contributed by atoms with E-state index < -0.39 is 0 Å². The van der Waals surface area contributed by atoms with Crippen LogP contribution in [0, 0.1) is 13.8 Å². The molecular formula is C23H27N3. The molecule has 2 aliphatic rings. The Morgan fingerprint density at radius 2 is 1.92 bits per heavy atom. The van der Waals surface area contributed by atoms with Crippen LogP contribution in [0.5, 0.6) is 0 Å². The molecule has 3 heterocycles. The normalized spacial score (nSPS) is 17.8. The van der Waals surface area contributed by atoms with E-state index in [0.717, 1.165) is 25.3 Å². The van der Waals surface area contributed by atoms with Crippen molar-refractivity contribution < 1.29 is 0 Å². The Bertz CT molecular complexity index is 963. The van der Waals surface area contributed by atoms with E-state index in [9.17, 15) is 0 Å². The van der Waals surface area contributed by atoms with Gasteiger partial charge in [-0.1, -0.05) is 31.0 Å². The van der Waals surface area contributed by atoms with Crippen LogP contribution >= 0.6 is 0 Å². The Kier molecular flexibility index (Phi) is 3.77. The second-order valence-electron chi connectivity index (χ2n) is 8.05. The molecule has 3 nitrogen and oxygen atoms in total. The number of benzene rings is 1. The molecule has 5 rings (SSSR count). The first-order valence-corrected chi connectivity index (χ1v) is 10.0. The molecular weight excluding hydrogens is 318 g/mol. The summed E-state index contributed by atoms with van der Waals surface area (Å²) >= 11 is 0. The highest BCUT2D eigenvalue weighted by molar-refractivity contribution is 5.91. The fourth-order valence-corrected chi connectivity index (χ4v) is 5.15. The lowest BCUT2D eigenvalue weighted by molar-refractivity contribution is 0.525. The minimum Gasteiger partial charge on any atom is -0.351 e. The zero-order valence-corrected chi connectivity index (χ0v) is 15.8. The molecule has 2 aromatic heterocycles. The monoisotopic (exact) mass is 345 g/mol. The predicted molar refractivity (Wildman–Crippen MR) is 108 cm³/mol. The maximum absolute atomic E-state index is 4.82. The Morgan fingerprint density at radius 1 is 1.08 bits per heavy atom. The first-order chi connectivity index (χ1) is 12.7. The molecule has 1 saturated carbocycles. The third-order valence-electron chi connectivity index (χ3n) is 6.43. The average Bonchev–Trinajstić information content (AvgIpc) is 3.27. The maximum Gasteiger partial charge on any atom is 0.138 e. The summed E-state index contributed by atoms with van der Waals surface area (Å²) in [5.74, 6) is 1.16. The van der Waals surface area contributed by atoms with Gasteiger partial charge in [0, 0.05) is 36.4 Å². The third kappa shape index (κ3) is 2.45. The molecule has 3 aromatic rings. The number of nitrogens with zero attached hydrogens (tertiary/aromatic N) is 3. The fraction of sp³-hybridized carbons (Fsp3) is 0.435. The molecule has 0 saturated heterocycles. The molecule has 3 heteroatoms. The Morgan fingerprint density at radius 3 is 2.77 bits per heavy atom. The first kappa shape index (κ1) is 15.9. The third-order valence-corrected chi connectivity index (χ3v) is 6.43. The molecule has 0 atom stereocenters. The van der Waals surface area contributed by atoms with Crippen molar-refractivity contribution in [3.8, 4) is 0 Å². The lowest BCUT2D eigenvalue weighted by Gasteiger charge is -2.31. The highest BCUT2D eigenvalue weighted by Crippen LogP contribution is 2.37. The van der Waals surface area contributed by atoms with Crippen molar-refractivity contribution in [2.45, 2.75) is 58.5 Å². The van der Waals surface area contributed by atoms with Gasteiger partial charge in [-0.3, -0.25) is 0 Å². The standard InChI is InChI=1S/C23H27N3/c1-16-6-5-7-18-15-25(13-11-20(16)18)23-21-14-17(2)26(19-8-3-4-9-19)22(21)10-12-24-23/h5-7,10,12,14,19H,3-4,8-9,11,13,15H2,1-2H3. The molecule has 0 unspecified atom stereocenters. The van der Waals surface area contributed by atoms with Crippen LogP contribution in [-0.2, 0) is 13.0 Å². The summed E-state index contributed by atoms with van der Waals surface area (Å²) in [5.41, 5.74) is 7.18. The summed E-state index contributed by atoms with van der Waals surface area (Å²) in [5, 5.41) is 1.33. The molecule has 1 fully saturated rings. The largest absolute Gasteiger partial charge is 0.351 e. The second-order valence-corrected chi connectivity index (χ2v) is 8.05. The van der Waals surface area contributed by atoms with Gasteiger partial charge in [0.15, 0.2) is 0 Å². The van der Waals surface area contributed by atoms with Gasteiger partial charge in [0.25, 0.3) is 0 Å². The fourth-order valence-electron chi connectivity index (χ4n) is 5.15. The number of aryl methyl sites for hydroxylation is 2. The molecule has 1 aliphatic heterocycles. The van der Waals surface area contributed by atoms with E-state index in [2.05, 4.69) is 53.6 Å².